The summed E-state index contributed by atoms with van der Waals surface area (Å²) in [6, 6.07) is 9.39. The van der Waals surface area contributed by atoms with Crippen molar-refractivity contribution in [2.45, 2.75) is 32.4 Å². The molecule has 3 rings (SSSR count). The van der Waals surface area contributed by atoms with Gasteiger partial charge in [-0.25, -0.2) is 0 Å². The lowest BCUT2D eigenvalue weighted by atomic mass is 10.1. The average molecular weight is 314 g/mol. The minimum Gasteiger partial charge on any atom is -0.467 e. The van der Waals surface area contributed by atoms with E-state index in [1.807, 2.05) is 37.3 Å². The predicted molar refractivity (Wildman–Crippen MR) is 88.4 cm³/mol. The molecule has 122 valence electrons. The van der Waals surface area contributed by atoms with Gasteiger partial charge in [-0.1, -0.05) is 6.07 Å². The highest BCUT2D eigenvalue weighted by Crippen LogP contribution is 2.18. The first-order valence-corrected chi connectivity index (χ1v) is 7.98. The molecule has 1 atom stereocenters. The fraction of sp³-hybridized carbons (Fsp3) is 0.389. The normalized spacial score (nSPS) is 18.0. The number of furan rings is 1. The van der Waals surface area contributed by atoms with Crippen LogP contribution in [0.3, 0.4) is 0 Å². The number of β-amino-alcohol motifs (C(OH)–C–C–N with tert-alkyl or cyclic N) is 1. The Morgan fingerprint density at radius 3 is 3.04 bits per heavy atom. The zero-order valence-corrected chi connectivity index (χ0v) is 13.3. The summed E-state index contributed by atoms with van der Waals surface area (Å²) < 4.78 is 5.41. The van der Waals surface area contributed by atoms with Crippen molar-refractivity contribution in [3.05, 3.63) is 53.5 Å². The van der Waals surface area contributed by atoms with Crippen LogP contribution in [-0.2, 0) is 6.54 Å². The zero-order valence-electron chi connectivity index (χ0n) is 13.3. The van der Waals surface area contributed by atoms with Crippen molar-refractivity contribution < 1.29 is 14.3 Å². The standard InChI is InChI=1S/C18H22N2O3/c1-13-7-9-23-17(13)11-19-15-5-2-4-14(10-15)18(22)20-8-3-6-16(21)12-20/h2,4-5,7,9-10,16,19,21H,3,6,8,11-12H2,1H3. The van der Waals surface area contributed by atoms with Crippen LogP contribution in [0.15, 0.2) is 41.0 Å². The number of hydrogen-bond donors (Lipinski definition) is 2. The van der Waals surface area contributed by atoms with Gasteiger partial charge in [-0.05, 0) is 49.6 Å². The van der Waals surface area contributed by atoms with E-state index < -0.39 is 6.10 Å². The van der Waals surface area contributed by atoms with Gasteiger partial charge in [0.05, 0.1) is 18.9 Å². The maximum Gasteiger partial charge on any atom is 0.254 e. The second kappa shape index (κ2) is 6.87. The largest absolute Gasteiger partial charge is 0.467 e. The van der Waals surface area contributed by atoms with Crippen molar-refractivity contribution in [2.75, 3.05) is 18.4 Å². The van der Waals surface area contributed by atoms with Crippen LogP contribution in [0, 0.1) is 6.92 Å². The van der Waals surface area contributed by atoms with E-state index in [9.17, 15) is 9.90 Å². The molecule has 1 saturated heterocycles. The summed E-state index contributed by atoms with van der Waals surface area (Å²) in [4.78, 5) is 14.3. The van der Waals surface area contributed by atoms with Crippen molar-refractivity contribution in [3.63, 3.8) is 0 Å². The van der Waals surface area contributed by atoms with Crippen LogP contribution in [0.4, 0.5) is 5.69 Å². The Balaban J connectivity index is 1.67. The third-order valence-electron chi connectivity index (χ3n) is 4.21. The predicted octanol–water partition coefficient (Wildman–Crippen LogP) is 2.80. The number of anilines is 1. The molecular formula is C18H22N2O3. The van der Waals surface area contributed by atoms with Crippen molar-refractivity contribution in [1.82, 2.24) is 4.90 Å². The SMILES string of the molecule is Cc1ccoc1CNc1cccc(C(=O)N2CCCC(O)C2)c1. The topological polar surface area (TPSA) is 65.7 Å². The summed E-state index contributed by atoms with van der Waals surface area (Å²) in [5, 5.41) is 13.0. The Labute approximate surface area is 135 Å². The van der Waals surface area contributed by atoms with Crippen LogP contribution in [0.5, 0.6) is 0 Å². The van der Waals surface area contributed by atoms with E-state index in [0.717, 1.165) is 29.9 Å². The number of likely N-dealkylation sites (tertiary alicyclic amines) is 1. The van der Waals surface area contributed by atoms with E-state index in [4.69, 9.17) is 4.42 Å². The van der Waals surface area contributed by atoms with E-state index in [2.05, 4.69) is 5.32 Å². The molecule has 0 bridgehead atoms. The third-order valence-corrected chi connectivity index (χ3v) is 4.21. The first kappa shape index (κ1) is 15.6. The molecule has 1 aliphatic heterocycles. The average Bonchev–Trinajstić information content (AvgIpc) is 2.97. The number of benzene rings is 1. The molecule has 1 fully saturated rings. The molecule has 5 nitrogen and oxygen atoms in total. The molecule has 1 aliphatic rings. The molecule has 1 unspecified atom stereocenters. The number of carbonyl (C=O) groups excluding carboxylic acids is 1. The molecule has 1 amide bonds. The smallest absolute Gasteiger partial charge is 0.254 e. The van der Waals surface area contributed by atoms with Gasteiger partial charge in [0.2, 0.25) is 0 Å². The number of carbonyl (C=O) groups is 1. The number of aliphatic hydroxyl groups is 1. The molecule has 0 radical (unpaired) electrons. The molecule has 2 N–H and O–H groups in total. The highest BCUT2D eigenvalue weighted by atomic mass is 16.3. The Kier molecular flexibility index (Phi) is 4.67. The Morgan fingerprint density at radius 2 is 2.30 bits per heavy atom. The number of piperidine rings is 1. The molecule has 2 heterocycles. The summed E-state index contributed by atoms with van der Waals surface area (Å²) in [6.45, 7) is 3.71. The maximum absolute atomic E-state index is 12.6. The summed E-state index contributed by atoms with van der Waals surface area (Å²) >= 11 is 0. The minimum atomic E-state index is -0.407. The Hall–Kier alpha value is -2.27. The second-order valence-electron chi connectivity index (χ2n) is 6.01. The number of amides is 1. The number of nitrogens with zero attached hydrogens (tertiary/aromatic N) is 1. The first-order chi connectivity index (χ1) is 11.1. The highest BCUT2D eigenvalue weighted by Gasteiger charge is 2.23. The summed E-state index contributed by atoms with van der Waals surface area (Å²) in [5.41, 5.74) is 2.62. The molecule has 0 saturated carbocycles. The fourth-order valence-corrected chi connectivity index (χ4v) is 2.85. The fourth-order valence-electron chi connectivity index (χ4n) is 2.85. The third kappa shape index (κ3) is 3.74. The number of hydrogen-bond acceptors (Lipinski definition) is 4. The first-order valence-electron chi connectivity index (χ1n) is 7.98. The van der Waals surface area contributed by atoms with Crippen LogP contribution >= 0.6 is 0 Å². The molecule has 2 aromatic rings. The van der Waals surface area contributed by atoms with Gasteiger partial charge < -0.3 is 19.7 Å². The lowest BCUT2D eigenvalue weighted by molar-refractivity contribution is 0.0474. The van der Waals surface area contributed by atoms with Gasteiger partial charge in [0.25, 0.3) is 5.91 Å². The van der Waals surface area contributed by atoms with Crippen LogP contribution in [-0.4, -0.2) is 35.1 Å². The molecule has 5 heteroatoms. The Bertz CT molecular complexity index is 680. The summed E-state index contributed by atoms with van der Waals surface area (Å²) in [7, 11) is 0. The lowest BCUT2D eigenvalue weighted by Gasteiger charge is -2.30. The number of aliphatic hydroxyl groups excluding tert-OH is 1. The van der Waals surface area contributed by atoms with Crippen LogP contribution in [0.2, 0.25) is 0 Å². The van der Waals surface area contributed by atoms with Gasteiger partial charge in [-0.15, -0.1) is 0 Å². The van der Waals surface area contributed by atoms with Gasteiger partial charge in [-0.3, -0.25) is 4.79 Å². The minimum absolute atomic E-state index is 0.0263. The number of rotatable bonds is 4. The van der Waals surface area contributed by atoms with Crippen molar-refractivity contribution >= 4 is 11.6 Å². The molecule has 1 aromatic heterocycles. The van der Waals surface area contributed by atoms with E-state index in [0.29, 0.717) is 25.2 Å². The van der Waals surface area contributed by atoms with Crippen molar-refractivity contribution in [2.24, 2.45) is 0 Å². The van der Waals surface area contributed by atoms with Crippen LogP contribution in [0.25, 0.3) is 0 Å². The molecule has 0 spiro atoms. The summed E-state index contributed by atoms with van der Waals surface area (Å²) in [6.07, 6.45) is 2.89. The molecule has 23 heavy (non-hydrogen) atoms. The number of nitrogens with one attached hydrogen (secondary N) is 1. The molecule has 0 aliphatic carbocycles. The van der Waals surface area contributed by atoms with Gasteiger partial charge in [-0.2, -0.15) is 0 Å². The highest BCUT2D eigenvalue weighted by molar-refractivity contribution is 5.95. The van der Waals surface area contributed by atoms with Gasteiger partial charge in [0.1, 0.15) is 5.76 Å². The van der Waals surface area contributed by atoms with E-state index >= 15 is 0 Å². The van der Waals surface area contributed by atoms with E-state index in [1.54, 1.807) is 11.2 Å². The van der Waals surface area contributed by atoms with Gasteiger partial charge in [0, 0.05) is 24.3 Å². The van der Waals surface area contributed by atoms with Crippen LogP contribution in [0.1, 0.15) is 34.5 Å². The van der Waals surface area contributed by atoms with E-state index in [1.165, 1.54) is 0 Å². The van der Waals surface area contributed by atoms with Crippen LogP contribution < -0.4 is 5.32 Å². The quantitative estimate of drug-likeness (QED) is 0.911. The van der Waals surface area contributed by atoms with Crippen molar-refractivity contribution in [3.8, 4) is 0 Å². The lowest BCUT2D eigenvalue weighted by Crippen LogP contribution is -2.42. The zero-order chi connectivity index (χ0) is 16.2. The maximum atomic E-state index is 12.6. The monoisotopic (exact) mass is 314 g/mol. The van der Waals surface area contributed by atoms with Gasteiger partial charge >= 0.3 is 0 Å². The molecule has 1 aromatic carbocycles. The molecular weight excluding hydrogens is 292 g/mol. The number of aryl methyl sites for hydroxylation is 1. The summed E-state index contributed by atoms with van der Waals surface area (Å²) in [5.74, 6) is 0.863. The van der Waals surface area contributed by atoms with Crippen molar-refractivity contribution in [1.29, 1.82) is 0 Å². The van der Waals surface area contributed by atoms with E-state index in [-0.39, 0.29) is 5.91 Å². The van der Waals surface area contributed by atoms with Gasteiger partial charge in [0.15, 0.2) is 0 Å². The second-order valence-corrected chi connectivity index (χ2v) is 6.01. The Morgan fingerprint density at radius 1 is 1.43 bits per heavy atom.